The number of piperazine rings is 1. The summed E-state index contributed by atoms with van der Waals surface area (Å²) >= 11 is 6.98. The Morgan fingerprint density at radius 2 is 1.79 bits per heavy atom. The molecule has 3 heterocycles. The van der Waals surface area contributed by atoms with Crippen molar-refractivity contribution in [1.82, 2.24) is 29.1 Å². The average Bonchev–Trinajstić information content (AvgIpc) is 3.51. The topological polar surface area (TPSA) is 132 Å². The summed E-state index contributed by atoms with van der Waals surface area (Å²) < 4.78 is 23.1. The number of ether oxygens (including phenoxy) is 1. The molecule has 1 aliphatic heterocycles. The Hall–Kier alpha value is -4.88. The molecule has 2 aromatic heterocycles. The standard InChI is InChI=1S/C34H35ClFN7O5/c1-18-21(7-6-8-24(18)37-31(45)30-33(46)40(3)34(47)41(4)39-30)28-23(36)11-10-22(29(28)35)25-17-20-9-12-26(27(20)32(38-25)48-5)43-15-13-42(14-16-43)19(2)44/h6-8,10-11,17,26H,9,12-16H2,1-5H3,(H,37,45). The zero-order valence-corrected chi connectivity index (χ0v) is 28.0. The third-order valence-electron chi connectivity index (χ3n) is 9.28. The van der Waals surface area contributed by atoms with Crippen LogP contribution >= 0.6 is 11.6 Å². The molecule has 0 saturated carbocycles. The smallest absolute Gasteiger partial charge is 0.346 e. The fourth-order valence-corrected chi connectivity index (χ4v) is 7.00. The molecule has 1 saturated heterocycles. The van der Waals surface area contributed by atoms with E-state index in [9.17, 15) is 19.2 Å². The van der Waals surface area contributed by atoms with Crippen LogP contribution in [0.3, 0.4) is 0 Å². The molecule has 48 heavy (non-hydrogen) atoms. The Labute approximate surface area is 280 Å². The van der Waals surface area contributed by atoms with Crippen LogP contribution < -0.4 is 21.3 Å². The lowest BCUT2D eigenvalue weighted by atomic mass is 9.95. The highest BCUT2D eigenvalue weighted by Crippen LogP contribution is 2.45. The van der Waals surface area contributed by atoms with Gasteiger partial charge in [0.25, 0.3) is 11.5 Å². The number of carbonyl (C=O) groups excluding carboxylic acids is 2. The molecule has 2 aromatic carbocycles. The molecule has 1 unspecified atom stereocenters. The fraction of sp³-hybridized carbons (Fsp3) is 0.353. The molecule has 6 rings (SSSR count). The van der Waals surface area contributed by atoms with E-state index in [1.807, 2.05) is 11.0 Å². The minimum absolute atomic E-state index is 0.0817. The highest BCUT2D eigenvalue weighted by Gasteiger charge is 2.35. The lowest BCUT2D eigenvalue weighted by molar-refractivity contribution is -0.130. The number of methoxy groups -OCH3 is 1. The number of benzene rings is 2. The molecule has 2 aliphatic rings. The molecule has 1 aliphatic carbocycles. The Morgan fingerprint density at radius 1 is 1.06 bits per heavy atom. The van der Waals surface area contributed by atoms with Crippen LogP contribution in [0, 0.1) is 12.7 Å². The van der Waals surface area contributed by atoms with Crippen molar-refractivity contribution in [3.63, 3.8) is 0 Å². The number of nitrogens with one attached hydrogen (secondary N) is 1. The minimum atomic E-state index is -0.842. The van der Waals surface area contributed by atoms with Gasteiger partial charge in [-0.2, -0.15) is 5.10 Å². The lowest BCUT2D eigenvalue weighted by Crippen LogP contribution is -2.48. The molecule has 1 atom stereocenters. The van der Waals surface area contributed by atoms with E-state index in [-0.39, 0.29) is 22.5 Å². The van der Waals surface area contributed by atoms with Gasteiger partial charge < -0.3 is 15.0 Å². The van der Waals surface area contributed by atoms with Gasteiger partial charge in [0, 0.05) is 75.6 Å². The van der Waals surface area contributed by atoms with Crippen molar-refractivity contribution in [2.75, 3.05) is 38.6 Å². The normalized spacial score (nSPS) is 16.1. The number of hydrogen-bond acceptors (Lipinski definition) is 8. The molecule has 1 fully saturated rings. The molecule has 0 radical (unpaired) electrons. The summed E-state index contributed by atoms with van der Waals surface area (Å²) in [5.74, 6) is -0.819. The van der Waals surface area contributed by atoms with Gasteiger partial charge >= 0.3 is 5.69 Å². The van der Waals surface area contributed by atoms with E-state index in [0.29, 0.717) is 47.0 Å². The van der Waals surface area contributed by atoms with Crippen LogP contribution in [0.1, 0.15) is 46.6 Å². The minimum Gasteiger partial charge on any atom is -0.481 e. The predicted octanol–water partition coefficient (Wildman–Crippen LogP) is 3.72. The van der Waals surface area contributed by atoms with Gasteiger partial charge in [-0.15, -0.1) is 0 Å². The summed E-state index contributed by atoms with van der Waals surface area (Å²) in [5.41, 5.74) is 2.54. The Kier molecular flexibility index (Phi) is 8.92. The Bertz CT molecular complexity index is 2090. The number of aromatic nitrogens is 4. The number of hydrogen-bond donors (Lipinski definition) is 1. The summed E-state index contributed by atoms with van der Waals surface area (Å²) in [5, 5.41) is 6.65. The lowest BCUT2D eigenvalue weighted by Gasteiger charge is -2.38. The van der Waals surface area contributed by atoms with Crippen LogP contribution in [0.15, 0.2) is 46.0 Å². The van der Waals surface area contributed by atoms with Gasteiger partial charge in [0.15, 0.2) is 0 Å². The van der Waals surface area contributed by atoms with Gasteiger partial charge in [0.05, 0.1) is 17.8 Å². The number of pyridine rings is 1. The van der Waals surface area contributed by atoms with Crippen LogP contribution in [0.25, 0.3) is 22.4 Å². The van der Waals surface area contributed by atoms with Gasteiger partial charge in [-0.25, -0.2) is 18.9 Å². The first-order chi connectivity index (χ1) is 22.9. The number of halogens is 2. The van der Waals surface area contributed by atoms with Crippen molar-refractivity contribution < 1.29 is 18.7 Å². The Morgan fingerprint density at radius 3 is 2.48 bits per heavy atom. The molecule has 2 amide bonds. The van der Waals surface area contributed by atoms with E-state index in [1.165, 1.54) is 20.2 Å². The second-order valence-corrected chi connectivity index (χ2v) is 12.4. The molecule has 0 spiro atoms. The Balaban J connectivity index is 1.34. The fourth-order valence-electron chi connectivity index (χ4n) is 6.65. The van der Waals surface area contributed by atoms with Crippen LogP contribution in [0.5, 0.6) is 5.88 Å². The van der Waals surface area contributed by atoms with E-state index >= 15 is 4.39 Å². The third-order valence-corrected chi connectivity index (χ3v) is 9.67. The number of rotatable bonds is 6. The SMILES string of the molecule is COc1nc(-c2ccc(F)c(-c3cccc(NC(=O)c4nn(C)c(=O)n(C)c4=O)c3C)c2Cl)cc2c1C(N1CCN(C(C)=O)CC1)CC2. The van der Waals surface area contributed by atoms with E-state index in [1.54, 1.807) is 45.2 Å². The van der Waals surface area contributed by atoms with Gasteiger partial charge in [-0.1, -0.05) is 23.7 Å². The van der Waals surface area contributed by atoms with Crippen molar-refractivity contribution in [2.24, 2.45) is 14.1 Å². The first-order valence-corrected chi connectivity index (χ1v) is 15.9. The second kappa shape index (κ2) is 13.0. The molecular weight excluding hydrogens is 641 g/mol. The zero-order valence-electron chi connectivity index (χ0n) is 27.3. The maximum absolute atomic E-state index is 15.6. The van der Waals surface area contributed by atoms with Crippen molar-refractivity contribution in [3.8, 4) is 28.3 Å². The first-order valence-electron chi connectivity index (χ1n) is 15.5. The number of aryl methyl sites for hydroxylation is 2. The molecule has 1 N–H and O–H groups in total. The largest absolute Gasteiger partial charge is 0.481 e. The van der Waals surface area contributed by atoms with Crippen LogP contribution in [0.4, 0.5) is 10.1 Å². The van der Waals surface area contributed by atoms with Crippen LogP contribution in [0.2, 0.25) is 5.02 Å². The maximum atomic E-state index is 15.6. The summed E-state index contributed by atoms with van der Waals surface area (Å²) in [6.07, 6.45) is 1.69. The van der Waals surface area contributed by atoms with Gasteiger partial charge in [-0.3, -0.25) is 23.9 Å². The summed E-state index contributed by atoms with van der Waals surface area (Å²) in [6, 6.07) is 9.96. The van der Waals surface area contributed by atoms with E-state index in [2.05, 4.69) is 15.3 Å². The van der Waals surface area contributed by atoms with E-state index < -0.39 is 28.7 Å². The molecule has 0 bridgehead atoms. The van der Waals surface area contributed by atoms with Crippen LogP contribution in [-0.4, -0.2) is 74.2 Å². The molecule has 14 heteroatoms. The number of carbonyl (C=O) groups is 2. The number of fused-ring (bicyclic) bond motifs is 1. The highest BCUT2D eigenvalue weighted by atomic mass is 35.5. The number of nitrogens with zero attached hydrogens (tertiary/aromatic N) is 6. The number of anilines is 1. The predicted molar refractivity (Wildman–Crippen MR) is 179 cm³/mol. The van der Waals surface area contributed by atoms with Crippen molar-refractivity contribution in [3.05, 3.63) is 90.5 Å². The second-order valence-electron chi connectivity index (χ2n) is 12.0. The average molecular weight is 676 g/mol. The van der Waals surface area contributed by atoms with E-state index in [0.717, 1.165) is 46.3 Å². The molecule has 4 aromatic rings. The van der Waals surface area contributed by atoms with Gasteiger partial charge in [0.2, 0.25) is 17.5 Å². The van der Waals surface area contributed by atoms with Gasteiger partial charge in [0.1, 0.15) is 5.82 Å². The van der Waals surface area contributed by atoms with Crippen LogP contribution in [-0.2, 0) is 25.3 Å². The molecule has 250 valence electrons. The summed E-state index contributed by atoms with van der Waals surface area (Å²) in [7, 11) is 4.18. The number of amides is 2. The maximum Gasteiger partial charge on any atom is 0.346 e. The summed E-state index contributed by atoms with van der Waals surface area (Å²) in [4.78, 5) is 58.6. The third kappa shape index (κ3) is 5.77. The van der Waals surface area contributed by atoms with E-state index in [4.69, 9.17) is 21.3 Å². The summed E-state index contributed by atoms with van der Waals surface area (Å²) in [6.45, 7) is 6.17. The molecular formula is C34H35ClFN7O5. The highest BCUT2D eigenvalue weighted by molar-refractivity contribution is 6.36. The first kappa shape index (κ1) is 33.0. The van der Waals surface area contributed by atoms with Gasteiger partial charge in [-0.05, 0) is 60.7 Å². The molecule has 12 nitrogen and oxygen atoms in total. The van der Waals surface area contributed by atoms with Crippen molar-refractivity contribution >= 4 is 29.1 Å². The zero-order chi connectivity index (χ0) is 34.4. The quantitative estimate of drug-likeness (QED) is 0.327. The van der Waals surface area contributed by atoms with Crippen molar-refractivity contribution in [2.45, 2.75) is 32.7 Å². The van der Waals surface area contributed by atoms with Crippen molar-refractivity contribution in [1.29, 1.82) is 0 Å². The monoisotopic (exact) mass is 675 g/mol.